The minimum Gasteiger partial charge on any atom is -0.478 e. The van der Waals surface area contributed by atoms with Crippen molar-refractivity contribution < 1.29 is 19.5 Å². The molecule has 0 bridgehead atoms. The zero-order valence-electron chi connectivity index (χ0n) is 13.0. The molecule has 3 aromatic rings. The van der Waals surface area contributed by atoms with Crippen LogP contribution in [0.1, 0.15) is 15.9 Å². The van der Waals surface area contributed by atoms with Crippen LogP contribution in [0.5, 0.6) is 0 Å². The summed E-state index contributed by atoms with van der Waals surface area (Å²) >= 11 is 0.818. The number of carbonyl (C=O) groups excluding carboxylic acids is 2. The van der Waals surface area contributed by atoms with Crippen molar-refractivity contribution in [3.05, 3.63) is 58.8 Å². The first kappa shape index (κ1) is 16.0. The Kier molecular flexibility index (Phi) is 3.77. The Morgan fingerprint density at radius 3 is 2.85 bits per heavy atom. The van der Waals surface area contributed by atoms with E-state index in [-0.39, 0.29) is 10.5 Å². The van der Waals surface area contributed by atoms with Crippen molar-refractivity contribution in [1.82, 2.24) is 19.9 Å². The van der Waals surface area contributed by atoms with Gasteiger partial charge in [-0.05, 0) is 36.0 Å². The quantitative estimate of drug-likeness (QED) is 0.684. The lowest BCUT2D eigenvalue weighted by molar-refractivity contribution is -0.115. The summed E-state index contributed by atoms with van der Waals surface area (Å²) in [5.74, 6) is -1.47. The zero-order chi connectivity index (χ0) is 18.3. The van der Waals surface area contributed by atoms with Gasteiger partial charge in [-0.3, -0.25) is 14.9 Å². The van der Waals surface area contributed by atoms with Crippen LogP contribution in [0.15, 0.2) is 47.6 Å². The molecule has 2 amide bonds. The fraction of sp³-hybridized carbons (Fsp3) is 0. The molecular weight excluding hydrogens is 356 g/mol. The number of imide groups is 1. The van der Waals surface area contributed by atoms with Crippen LogP contribution in [0.2, 0.25) is 0 Å². The largest absolute Gasteiger partial charge is 0.478 e. The average molecular weight is 366 g/mol. The van der Waals surface area contributed by atoms with E-state index in [9.17, 15) is 14.4 Å². The van der Waals surface area contributed by atoms with Gasteiger partial charge in [-0.2, -0.15) is 5.10 Å². The van der Waals surface area contributed by atoms with Gasteiger partial charge in [-0.15, -0.1) is 0 Å². The number of fused-ring (bicyclic) bond motifs is 1. The fourth-order valence-corrected chi connectivity index (χ4v) is 3.20. The van der Waals surface area contributed by atoms with Crippen molar-refractivity contribution >= 4 is 40.6 Å². The maximum absolute atomic E-state index is 11.7. The summed E-state index contributed by atoms with van der Waals surface area (Å²) < 4.78 is 1.54. The number of benzene rings is 1. The van der Waals surface area contributed by atoms with Crippen LogP contribution in [0.3, 0.4) is 0 Å². The number of thioether (sulfide) groups is 1. The molecule has 26 heavy (non-hydrogen) atoms. The first-order valence-corrected chi connectivity index (χ1v) is 8.26. The number of amides is 2. The summed E-state index contributed by atoms with van der Waals surface area (Å²) in [4.78, 5) is 38.9. The molecule has 9 heteroatoms. The van der Waals surface area contributed by atoms with Crippen LogP contribution < -0.4 is 5.32 Å². The molecule has 0 spiro atoms. The topological polar surface area (TPSA) is 114 Å². The lowest BCUT2D eigenvalue weighted by Gasteiger charge is -2.03. The summed E-state index contributed by atoms with van der Waals surface area (Å²) in [6, 6.07) is 8.17. The molecule has 0 unspecified atom stereocenters. The van der Waals surface area contributed by atoms with Crippen molar-refractivity contribution in [2.45, 2.75) is 0 Å². The summed E-state index contributed by atoms with van der Waals surface area (Å²) in [7, 11) is 0. The highest BCUT2D eigenvalue weighted by atomic mass is 32.2. The number of nitrogens with one attached hydrogen (secondary N) is 1. The molecule has 2 aromatic heterocycles. The second-order valence-corrected chi connectivity index (χ2v) is 6.43. The summed E-state index contributed by atoms with van der Waals surface area (Å²) in [6.07, 6.45) is 4.79. The second-order valence-electron chi connectivity index (χ2n) is 5.42. The number of carboxylic acid groups (broad SMARTS) is 1. The van der Waals surface area contributed by atoms with E-state index in [1.807, 2.05) is 0 Å². The Hall–Kier alpha value is -3.46. The number of hydrogen-bond acceptors (Lipinski definition) is 6. The molecule has 2 N–H and O–H groups in total. The SMILES string of the molecule is O=C1NC(=O)/C(=C\c2cnn3ccc(-c4cccc(C(=O)O)c4)nc23)S1. The Labute approximate surface area is 150 Å². The van der Waals surface area contributed by atoms with Crippen LogP contribution >= 0.6 is 11.8 Å². The van der Waals surface area contributed by atoms with Crippen LogP contribution in [0.4, 0.5) is 4.79 Å². The number of nitrogens with zero attached hydrogens (tertiary/aromatic N) is 3. The summed E-state index contributed by atoms with van der Waals surface area (Å²) in [5, 5.41) is 15.1. The lowest BCUT2D eigenvalue weighted by atomic mass is 10.1. The maximum atomic E-state index is 11.7. The van der Waals surface area contributed by atoms with Crippen molar-refractivity contribution in [3.63, 3.8) is 0 Å². The van der Waals surface area contributed by atoms with Crippen molar-refractivity contribution in [3.8, 4) is 11.3 Å². The van der Waals surface area contributed by atoms with Crippen LogP contribution in [-0.2, 0) is 4.79 Å². The molecule has 3 heterocycles. The van der Waals surface area contributed by atoms with Crippen LogP contribution in [-0.4, -0.2) is 36.8 Å². The molecule has 0 atom stereocenters. The number of rotatable bonds is 3. The van der Waals surface area contributed by atoms with Gasteiger partial charge >= 0.3 is 5.97 Å². The van der Waals surface area contributed by atoms with Gasteiger partial charge < -0.3 is 5.11 Å². The first-order chi connectivity index (χ1) is 12.5. The smallest absolute Gasteiger partial charge is 0.335 e. The monoisotopic (exact) mass is 366 g/mol. The molecule has 128 valence electrons. The minimum atomic E-state index is -1.02. The molecule has 4 rings (SSSR count). The van der Waals surface area contributed by atoms with Gasteiger partial charge in [0.1, 0.15) is 0 Å². The summed E-state index contributed by atoms with van der Waals surface area (Å²) in [6.45, 7) is 0. The summed E-state index contributed by atoms with van der Waals surface area (Å²) in [5.41, 5.74) is 2.45. The molecule has 0 aliphatic carbocycles. The van der Waals surface area contributed by atoms with Crippen molar-refractivity contribution in [1.29, 1.82) is 0 Å². The third kappa shape index (κ3) is 2.84. The molecule has 1 aliphatic heterocycles. The standard InChI is InChI=1S/C17H10N4O4S/c22-15-13(26-17(25)20-15)7-11-8-18-21-5-4-12(19-14(11)21)9-2-1-3-10(6-9)16(23)24/h1-8H,(H,23,24)(H,20,22,25)/b13-7+. The van der Waals surface area contributed by atoms with E-state index < -0.39 is 17.1 Å². The number of aromatic carboxylic acids is 1. The van der Waals surface area contributed by atoms with Gasteiger partial charge in [-0.25, -0.2) is 14.3 Å². The first-order valence-electron chi connectivity index (χ1n) is 7.44. The van der Waals surface area contributed by atoms with E-state index in [0.29, 0.717) is 22.5 Å². The van der Waals surface area contributed by atoms with Gasteiger partial charge in [0.05, 0.1) is 22.4 Å². The van der Waals surface area contributed by atoms with Crippen LogP contribution in [0, 0.1) is 0 Å². The molecular formula is C17H10N4O4S. The van der Waals surface area contributed by atoms with Gasteiger partial charge in [0.2, 0.25) is 0 Å². The van der Waals surface area contributed by atoms with Crippen LogP contribution in [0.25, 0.3) is 23.0 Å². The number of carbonyl (C=O) groups is 3. The highest BCUT2D eigenvalue weighted by molar-refractivity contribution is 8.18. The third-order valence-corrected chi connectivity index (χ3v) is 4.54. The predicted molar refractivity (Wildman–Crippen MR) is 94.5 cm³/mol. The van der Waals surface area contributed by atoms with E-state index >= 15 is 0 Å². The molecule has 1 aromatic carbocycles. The van der Waals surface area contributed by atoms with Gasteiger partial charge in [0.15, 0.2) is 5.65 Å². The van der Waals surface area contributed by atoms with E-state index in [2.05, 4.69) is 15.4 Å². The molecule has 0 saturated carbocycles. The van der Waals surface area contributed by atoms with Gasteiger partial charge in [-0.1, -0.05) is 12.1 Å². The number of hydrogen-bond donors (Lipinski definition) is 2. The van der Waals surface area contributed by atoms with Crippen molar-refractivity contribution in [2.24, 2.45) is 0 Å². The maximum Gasteiger partial charge on any atom is 0.335 e. The molecule has 1 fully saturated rings. The fourth-order valence-electron chi connectivity index (χ4n) is 2.52. The average Bonchev–Trinajstić information content (AvgIpc) is 3.17. The molecule has 1 aliphatic rings. The van der Waals surface area contributed by atoms with Crippen molar-refractivity contribution in [2.75, 3.05) is 0 Å². The molecule has 0 radical (unpaired) electrons. The minimum absolute atomic E-state index is 0.164. The Morgan fingerprint density at radius 1 is 1.27 bits per heavy atom. The van der Waals surface area contributed by atoms with E-state index in [1.165, 1.54) is 16.6 Å². The highest BCUT2D eigenvalue weighted by Crippen LogP contribution is 2.27. The lowest BCUT2D eigenvalue weighted by Crippen LogP contribution is -2.17. The third-order valence-electron chi connectivity index (χ3n) is 3.73. The van der Waals surface area contributed by atoms with Gasteiger partial charge in [0.25, 0.3) is 11.1 Å². The Balaban J connectivity index is 1.79. The van der Waals surface area contributed by atoms with E-state index in [0.717, 1.165) is 11.8 Å². The Bertz CT molecular complexity index is 1120. The normalized spacial score (nSPS) is 15.6. The predicted octanol–water partition coefficient (Wildman–Crippen LogP) is 2.42. The number of carboxylic acids is 1. The van der Waals surface area contributed by atoms with E-state index in [4.69, 9.17) is 5.11 Å². The zero-order valence-corrected chi connectivity index (χ0v) is 13.9. The second kappa shape index (κ2) is 6.12. The number of aromatic nitrogens is 3. The molecule has 8 nitrogen and oxygen atoms in total. The Morgan fingerprint density at radius 2 is 2.12 bits per heavy atom. The molecule has 1 saturated heterocycles. The highest BCUT2D eigenvalue weighted by Gasteiger charge is 2.25. The van der Waals surface area contributed by atoms with Gasteiger partial charge in [0, 0.05) is 17.3 Å². The van der Waals surface area contributed by atoms with E-state index in [1.54, 1.807) is 36.7 Å².